The maximum Gasteiger partial charge on any atom is 0.119 e. The number of methoxy groups -OCH3 is 2. The van der Waals surface area contributed by atoms with Gasteiger partial charge in [-0.25, -0.2) is 0 Å². The molecule has 0 aromatic heterocycles. The van der Waals surface area contributed by atoms with Gasteiger partial charge >= 0.3 is 0 Å². The first kappa shape index (κ1) is 19.3. The van der Waals surface area contributed by atoms with E-state index in [1.54, 1.807) is 14.2 Å². The van der Waals surface area contributed by atoms with Crippen LogP contribution in [0.15, 0.2) is 91.0 Å². The smallest absolute Gasteiger partial charge is 0.119 e. The zero-order chi connectivity index (χ0) is 21.2. The summed E-state index contributed by atoms with van der Waals surface area (Å²) in [5.74, 6) is 1.70. The van der Waals surface area contributed by atoms with E-state index in [-0.39, 0.29) is 0 Å². The summed E-state index contributed by atoms with van der Waals surface area (Å²) in [5, 5.41) is 0. The maximum atomic E-state index is 5.36. The molecule has 0 fully saturated rings. The predicted octanol–water partition coefficient (Wildman–Crippen LogP) is 6.94. The Morgan fingerprint density at radius 2 is 1.06 bits per heavy atom. The highest BCUT2D eigenvalue weighted by molar-refractivity contribution is 5.81. The van der Waals surface area contributed by atoms with Crippen LogP contribution in [0.5, 0.6) is 11.5 Å². The van der Waals surface area contributed by atoms with Crippen LogP contribution in [0.3, 0.4) is 0 Å². The van der Waals surface area contributed by atoms with Gasteiger partial charge in [-0.2, -0.15) is 0 Å². The molecule has 1 aliphatic rings. The second-order valence-electron chi connectivity index (χ2n) is 7.73. The number of fused-ring (bicyclic) bond motifs is 3. The van der Waals surface area contributed by atoms with Gasteiger partial charge in [0.1, 0.15) is 11.5 Å². The molecule has 1 aliphatic carbocycles. The van der Waals surface area contributed by atoms with Gasteiger partial charge in [0.2, 0.25) is 0 Å². The molecule has 5 rings (SSSR count). The minimum Gasteiger partial charge on any atom is -0.497 e. The maximum absolute atomic E-state index is 5.36. The first-order valence-electron chi connectivity index (χ1n) is 10.6. The molecule has 31 heavy (non-hydrogen) atoms. The monoisotopic (exact) mass is 407 g/mol. The summed E-state index contributed by atoms with van der Waals surface area (Å²) in [4.78, 5) is 2.28. The van der Waals surface area contributed by atoms with Crippen molar-refractivity contribution in [3.63, 3.8) is 0 Å². The molecular formula is C28H25NO2. The van der Waals surface area contributed by atoms with Crippen molar-refractivity contribution in [2.24, 2.45) is 0 Å². The van der Waals surface area contributed by atoms with E-state index in [1.165, 1.54) is 22.3 Å². The van der Waals surface area contributed by atoms with E-state index in [4.69, 9.17) is 9.47 Å². The molecule has 0 atom stereocenters. The topological polar surface area (TPSA) is 21.7 Å². The third-order valence-corrected chi connectivity index (χ3v) is 5.98. The molecule has 0 spiro atoms. The van der Waals surface area contributed by atoms with Crippen molar-refractivity contribution >= 4 is 17.1 Å². The Kier molecular flexibility index (Phi) is 5.09. The van der Waals surface area contributed by atoms with Crippen molar-refractivity contribution in [3.05, 3.63) is 102 Å². The van der Waals surface area contributed by atoms with Crippen molar-refractivity contribution in [2.45, 2.75) is 12.8 Å². The van der Waals surface area contributed by atoms with E-state index in [0.717, 1.165) is 41.4 Å². The Morgan fingerprint density at radius 1 is 0.548 bits per heavy atom. The molecule has 154 valence electrons. The number of hydrogen-bond donors (Lipinski definition) is 0. The van der Waals surface area contributed by atoms with Crippen LogP contribution >= 0.6 is 0 Å². The van der Waals surface area contributed by atoms with Crippen LogP contribution in [0.25, 0.3) is 11.1 Å². The van der Waals surface area contributed by atoms with Crippen LogP contribution in [0.4, 0.5) is 17.1 Å². The van der Waals surface area contributed by atoms with Crippen LogP contribution in [0.2, 0.25) is 0 Å². The van der Waals surface area contributed by atoms with Crippen molar-refractivity contribution in [1.82, 2.24) is 0 Å². The summed E-state index contributed by atoms with van der Waals surface area (Å²) in [6.45, 7) is 0. The SMILES string of the molecule is COc1ccc(N(c2ccc(OC)cc2)c2ccc3c(c2)CCc2ccccc2-3)cc1. The van der Waals surface area contributed by atoms with Gasteiger partial charge in [0.05, 0.1) is 14.2 Å². The van der Waals surface area contributed by atoms with Crippen molar-refractivity contribution in [2.75, 3.05) is 19.1 Å². The molecule has 0 aliphatic heterocycles. The molecule has 0 radical (unpaired) electrons. The lowest BCUT2D eigenvalue weighted by molar-refractivity contribution is 0.415. The average Bonchev–Trinajstić information content (AvgIpc) is 2.85. The van der Waals surface area contributed by atoms with Crippen LogP contribution in [-0.2, 0) is 12.8 Å². The van der Waals surface area contributed by atoms with E-state index < -0.39 is 0 Å². The molecule has 3 heteroatoms. The molecule has 0 amide bonds. The quantitative estimate of drug-likeness (QED) is 0.358. The number of benzene rings is 4. The lowest BCUT2D eigenvalue weighted by atomic mass is 9.85. The second-order valence-corrected chi connectivity index (χ2v) is 7.73. The van der Waals surface area contributed by atoms with Gasteiger partial charge in [0, 0.05) is 17.1 Å². The van der Waals surface area contributed by atoms with E-state index in [0.29, 0.717) is 0 Å². The first-order valence-corrected chi connectivity index (χ1v) is 10.6. The molecule has 0 N–H and O–H groups in total. The molecule has 0 bridgehead atoms. The Morgan fingerprint density at radius 3 is 1.68 bits per heavy atom. The van der Waals surface area contributed by atoms with Gasteiger partial charge in [0.25, 0.3) is 0 Å². The van der Waals surface area contributed by atoms with E-state index >= 15 is 0 Å². The van der Waals surface area contributed by atoms with E-state index in [1.807, 2.05) is 24.3 Å². The lowest BCUT2D eigenvalue weighted by Gasteiger charge is -2.28. The molecule has 3 nitrogen and oxygen atoms in total. The number of aryl methyl sites for hydroxylation is 2. The fourth-order valence-electron chi connectivity index (χ4n) is 4.37. The third kappa shape index (κ3) is 3.64. The molecule has 0 heterocycles. The third-order valence-electron chi connectivity index (χ3n) is 5.98. The number of hydrogen-bond acceptors (Lipinski definition) is 3. The lowest BCUT2D eigenvalue weighted by Crippen LogP contribution is -2.12. The van der Waals surface area contributed by atoms with Gasteiger partial charge in [-0.05, 0) is 95.8 Å². The van der Waals surface area contributed by atoms with Crippen molar-refractivity contribution in [1.29, 1.82) is 0 Å². The van der Waals surface area contributed by atoms with Crippen molar-refractivity contribution < 1.29 is 9.47 Å². The van der Waals surface area contributed by atoms with E-state index in [2.05, 4.69) is 71.6 Å². The Hall–Kier alpha value is -3.72. The molecule has 0 saturated heterocycles. The highest BCUT2D eigenvalue weighted by Gasteiger charge is 2.19. The van der Waals surface area contributed by atoms with Crippen LogP contribution in [0, 0.1) is 0 Å². The van der Waals surface area contributed by atoms with Crippen LogP contribution in [0.1, 0.15) is 11.1 Å². The summed E-state index contributed by atoms with van der Waals surface area (Å²) < 4.78 is 10.7. The summed E-state index contributed by atoms with van der Waals surface area (Å²) in [7, 11) is 3.38. The number of ether oxygens (including phenoxy) is 2. The second kappa shape index (κ2) is 8.19. The zero-order valence-corrected chi connectivity index (χ0v) is 17.8. The number of rotatable bonds is 5. The predicted molar refractivity (Wildman–Crippen MR) is 127 cm³/mol. The van der Waals surface area contributed by atoms with Gasteiger partial charge in [0.15, 0.2) is 0 Å². The molecular weight excluding hydrogens is 382 g/mol. The summed E-state index contributed by atoms with van der Waals surface area (Å²) in [5.41, 5.74) is 8.84. The minimum absolute atomic E-state index is 0.848. The zero-order valence-electron chi connectivity index (χ0n) is 17.8. The summed E-state index contributed by atoms with van der Waals surface area (Å²) in [6.07, 6.45) is 2.14. The number of nitrogens with zero attached hydrogens (tertiary/aromatic N) is 1. The molecule has 4 aromatic rings. The normalized spacial score (nSPS) is 11.9. The highest BCUT2D eigenvalue weighted by Crippen LogP contribution is 2.40. The van der Waals surface area contributed by atoms with Crippen LogP contribution in [-0.4, -0.2) is 14.2 Å². The molecule has 0 saturated carbocycles. The Bertz CT molecular complexity index is 1150. The van der Waals surface area contributed by atoms with E-state index in [9.17, 15) is 0 Å². The molecule has 4 aromatic carbocycles. The Labute approximate surface area is 183 Å². The summed E-state index contributed by atoms with van der Waals surface area (Å²) >= 11 is 0. The minimum atomic E-state index is 0.848. The highest BCUT2D eigenvalue weighted by atomic mass is 16.5. The standard InChI is InChI=1S/C28H25NO2/c1-30-25-14-9-22(10-15-25)29(23-11-16-26(31-2)17-12-23)24-13-18-28-21(19-24)8-7-20-5-3-4-6-27(20)28/h3-6,9-19H,7-8H2,1-2H3. The van der Waals surface area contributed by atoms with Gasteiger partial charge in [-0.1, -0.05) is 30.3 Å². The van der Waals surface area contributed by atoms with Gasteiger partial charge in [-0.15, -0.1) is 0 Å². The van der Waals surface area contributed by atoms with Crippen molar-refractivity contribution in [3.8, 4) is 22.6 Å². The van der Waals surface area contributed by atoms with Crippen LogP contribution < -0.4 is 14.4 Å². The fraction of sp³-hybridized carbons (Fsp3) is 0.143. The van der Waals surface area contributed by atoms with Gasteiger partial charge in [-0.3, -0.25) is 0 Å². The fourth-order valence-corrected chi connectivity index (χ4v) is 4.37. The molecule has 0 unspecified atom stereocenters. The van der Waals surface area contributed by atoms with Gasteiger partial charge < -0.3 is 14.4 Å². The summed E-state index contributed by atoms with van der Waals surface area (Å²) in [6, 6.07) is 31.9. The Balaban J connectivity index is 1.61. The number of anilines is 3. The first-order chi connectivity index (χ1) is 15.3. The largest absolute Gasteiger partial charge is 0.497 e. The average molecular weight is 408 g/mol.